The van der Waals surface area contributed by atoms with Crippen LogP contribution >= 0.6 is 37.2 Å². The Morgan fingerprint density at radius 2 is 1.74 bits per heavy atom. The molecular weight excluding hydrogens is 411 g/mol. The minimum absolute atomic E-state index is 0. The number of halogens is 3. The van der Waals surface area contributed by atoms with Gasteiger partial charge >= 0.3 is 0 Å². The molecule has 0 bridgehead atoms. The van der Waals surface area contributed by atoms with Crippen LogP contribution in [0, 0.1) is 0 Å². The van der Waals surface area contributed by atoms with Gasteiger partial charge in [0.2, 0.25) is 5.91 Å². The number of rotatable bonds is 7. The molecule has 1 heterocycles. The number of nitrogens with zero attached hydrogens (tertiary/aromatic N) is 3. The number of benzene rings is 1. The Bertz CT molecular complexity index is 541. The maximum Gasteiger partial charge on any atom is 0.239 e. The van der Waals surface area contributed by atoms with Crippen LogP contribution in [0.25, 0.3) is 0 Å². The minimum Gasteiger partial charge on any atom is -0.490 e. The Morgan fingerprint density at radius 3 is 2.30 bits per heavy atom. The molecular formula is C18H33Cl3N4O2. The first kappa shape index (κ1) is 28.3. The number of piperazine rings is 1. The molecule has 0 aliphatic carbocycles. The van der Waals surface area contributed by atoms with Crippen LogP contribution in [-0.4, -0.2) is 75.2 Å². The second-order valence-corrected chi connectivity index (χ2v) is 6.45. The highest BCUT2D eigenvalue weighted by Crippen LogP contribution is 2.28. The molecule has 1 amide bonds. The van der Waals surface area contributed by atoms with Crippen molar-refractivity contribution >= 4 is 48.8 Å². The molecule has 0 saturated carbocycles. The number of nitrogens with two attached hydrogens (primary N) is 1. The number of likely N-dealkylation sites (N-methyl/N-ethyl adjacent to an activating group) is 1. The topological polar surface area (TPSA) is 62.0 Å². The van der Waals surface area contributed by atoms with Crippen LogP contribution in [0.5, 0.6) is 5.75 Å². The van der Waals surface area contributed by atoms with Gasteiger partial charge in [-0.15, -0.1) is 37.2 Å². The monoisotopic (exact) mass is 442 g/mol. The van der Waals surface area contributed by atoms with Gasteiger partial charge in [0.1, 0.15) is 12.4 Å². The van der Waals surface area contributed by atoms with Gasteiger partial charge in [-0.1, -0.05) is 19.1 Å². The average Bonchev–Trinajstić information content (AvgIpc) is 2.60. The molecule has 1 saturated heterocycles. The molecule has 0 unspecified atom stereocenters. The maximum atomic E-state index is 12.2. The lowest BCUT2D eigenvalue weighted by Gasteiger charge is -2.37. The summed E-state index contributed by atoms with van der Waals surface area (Å²) in [7, 11) is 4.07. The number of amides is 1. The third kappa shape index (κ3) is 8.32. The quantitative estimate of drug-likeness (QED) is 0.700. The van der Waals surface area contributed by atoms with Gasteiger partial charge in [0.05, 0.1) is 11.7 Å². The number of ether oxygens (including phenoxy) is 1. The third-order valence-corrected chi connectivity index (χ3v) is 4.35. The lowest BCUT2D eigenvalue weighted by Crippen LogP contribution is -2.53. The van der Waals surface area contributed by atoms with Crippen LogP contribution in [-0.2, 0) is 4.79 Å². The van der Waals surface area contributed by atoms with E-state index in [0.29, 0.717) is 26.1 Å². The van der Waals surface area contributed by atoms with E-state index in [1.165, 1.54) is 0 Å². The molecule has 1 atom stereocenters. The largest absolute Gasteiger partial charge is 0.490 e. The van der Waals surface area contributed by atoms with Gasteiger partial charge in [-0.3, -0.25) is 4.79 Å². The Kier molecular flexibility index (Phi) is 14.8. The van der Waals surface area contributed by atoms with Crippen molar-refractivity contribution in [3.05, 3.63) is 24.3 Å². The van der Waals surface area contributed by atoms with Crippen molar-refractivity contribution < 1.29 is 9.53 Å². The summed E-state index contributed by atoms with van der Waals surface area (Å²) in [6.45, 7) is 6.50. The summed E-state index contributed by atoms with van der Waals surface area (Å²) >= 11 is 0. The molecule has 27 heavy (non-hydrogen) atoms. The van der Waals surface area contributed by atoms with Gasteiger partial charge in [0.25, 0.3) is 0 Å². The molecule has 2 rings (SSSR count). The molecule has 2 N–H and O–H groups in total. The number of hydrogen-bond acceptors (Lipinski definition) is 5. The third-order valence-electron chi connectivity index (χ3n) is 4.35. The Morgan fingerprint density at radius 1 is 1.15 bits per heavy atom. The fraction of sp³-hybridized carbons (Fsp3) is 0.611. The summed E-state index contributed by atoms with van der Waals surface area (Å²) in [4.78, 5) is 18.5. The van der Waals surface area contributed by atoms with Crippen molar-refractivity contribution in [1.82, 2.24) is 9.80 Å². The molecule has 0 aromatic heterocycles. The number of carbonyl (C=O) groups excluding carboxylic acids is 1. The molecule has 1 fully saturated rings. The zero-order valence-corrected chi connectivity index (χ0v) is 18.7. The van der Waals surface area contributed by atoms with Crippen LogP contribution in [0.3, 0.4) is 0 Å². The number of para-hydroxylation sites is 2. The Labute approximate surface area is 181 Å². The lowest BCUT2D eigenvalue weighted by atomic mass is 10.2. The van der Waals surface area contributed by atoms with E-state index in [4.69, 9.17) is 10.5 Å². The number of hydrogen-bond donors (Lipinski definition) is 1. The van der Waals surface area contributed by atoms with E-state index in [2.05, 4.69) is 15.9 Å². The molecule has 1 aromatic rings. The molecule has 1 aliphatic rings. The van der Waals surface area contributed by atoms with E-state index >= 15 is 0 Å². The van der Waals surface area contributed by atoms with E-state index in [0.717, 1.165) is 31.1 Å². The highest BCUT2D eigenvalue weighted by molar-refractivity contribution is 5.86. The summed E-state index contributed by atoms with van der Waals surface area (Å²) in [6, 6.07) is 7.74. The van der Waals surface area contributed by atoms with Gasteiger partial charge in [0, 0.05) is 32.7 Å². The Balaban J connectivity index is 0. The smallest absolute Gasteiger partial charge is 0.239 e. The molecule has 6 nitrogen and oxygen atoms in total. The zero-order valence-electron chi connectivity index (χ0n) is 16.3. The summed E-state index contributed by atoms with van der Waals surface area (Å²) in [5, 5.41) is 0. The van der Waals surface area contributed by atoms with Gasteiger partial charge in [0.15, 0.2) is 0 Å². The SMILES string of the molecule is CC[C@H](N)C(=O)N1CCN(c2ccccc2OCCN(C)C)CC1.Cl.Cl.Cl. The number of anilines is 1. The summed E-state index contributed by atoms with van der Waals surface area (Å²) < 4.78 is 5.95. The van der Waals surface area contributed by atoms with E-state index in [1.54, 1.807) is 0 Å². The second-order valence-electron chi connectivity index (χ2n) is 6.45. The van der Waals surface area contributed by atoms with E-state index in [9.17, 15) is 4.79 Å². The number of carbonyl (C=O) groups is 1. The van der Waals surface area contributed by atoms with Crippen molar-refractivity contribution in [3.63, 3.8) is 0 Å². The zero-order chi connectivity index (χ0) is 17.5. The van der Waals surface area contributed by atoms with Crippen LogP contribution in [0.2, 0.25) is 0 Å². The Hall–Kier alpha value is -0.920. The van der Waals surface area contributed by atoms with Crippen LogP contribution in [0.1, 0.15) is 13.3 Å². The summed E-state index contributed by atoms with van der Waals surface area (Å²) in [5.74, 6) is 0.969. The highest BCUT2D eigenvalue weighted by Gasteiger charge is 2.25. The van der Waals surface area contributed by atoms with Crippen molar-refractivity contribution in [2.75, 3.05) is 58.3 Å². The minimum atomic E-state index is -0.377. The molecule has 1 aromatic carbocycles. The van der Waals surface area contributed by atoms with Crippen LogP contribution in [0.15, 0.2) is 24.3 Å². The predicted octanol–water partition coefficient (Wildman–Crippen LogP) is 2.28. The van der Waals surface area contributed by atoms with Gasteiger partial charge in [-0.25, -0.2) is 0 Å². The van der Waals surface area contributed by atoms with E-state index in [1.807, 2.05) is 44.1 Å². The van der Waals surface area contributed by atoms with E-state index in [-0.39, 0.29) is 49.2 Å². The lowest BCUT2D eigenvalue weighted by molar-refractivity contribution is -0.132. The highest BCUT2D eigenvalue weighted by atomic mass is 35.5. The fourth-order valence-corrected chi connectivity index (χ4v) is 2.76. The fourth-order valence-electron chi connectivity index (χ4n) is 2.76. The molecule has 0 radical (unpaired) electrons. The van der Waals surface area contributed by atoms with Gasteiger partial charge in [-0.2, -0.15) is 0 Å². The molecule has 0 spiro atoms. The maximum absolute atomic E-state index is 12.2. The normalized spacial score (nSPS) is 14.6. The van der Waals surface area contributed by atoms with Gasteiger partial charge in [-0.05, 0) is 32.6 Å². The first-order chi connectivity index (χ1) is 11.5. The first-order valence-corrected chi connectivity index (χ1v) is 8.68. The van der Waals surface area contributed by atoms with Crippen LogP contribution in [0.4, 0.5) is 5.69 Å². The summed E-state index contributed by atoms with van der Waals surface area (Å²) in [6.07, 6.45) is 0.682. The molecule has 158 valence electrons. The van der Waals surface area contributed by atoms with E-state index < -0.39 is 0 Å². The average molecular weight is 444 g/mol. The second kappa shape index (κ2) is 14.1. The van der Waals surface area contributed by atoms with Crippen molar-refractivity contribution in [2.24, 2.45) is 5.73 Å². The van der Waals surface area contributed by atoms with Crippen molar-refractivity contribution in [3.8, 4) is 5.75 Å². The van der Waals surface area contributed by atoms with Crippen molar-refractivity contribution in [2.45, 2.75) is 19.4 Å². The summed E-state index contributed by atoms with van der Waals surface area (Å²) in [5.41, 5.74) is 6.97. The van der Waals surface area contributed by atoms with Crippen LogP contribution < -0.4 is 15.4 Å². The first-order valence-electron chi connectivity index (χ1n) is 8.68. The van der Waals surface area contributed by atoms with Gasteiger partial charge < -0.3 is 25.2 Å². The standard InChI is InChI=1S/C18H30N4O2.3ClH/c1-4-15(19)18(23)22-11-9-21(10-12-22)16-7-5-6-8-17(16)24-14-13-20(2)3;;;/h5-8,15H,4,9-14,19H2,1-3H3;3*1H/t15-;;;/m0.../s1. The predicted molar refractivity (Wildman–Crippen MR) is 119 cm³/mol. The van der Waals surface area contributed by atoms with Crippen molar-refractivity contribution in [1.29, 1.82) is 0 Å². The molecule has 1 aliphatic heterocycles. The molecule has 9 heteroatoms.